The van der Waals surface area contributed by atoms with E-state index in [1.807, 2.05) is 0 Å². The molecular weight excluding hydrogens is 366 g/mol. The Hall–Kier alpha value is -0.970. The van der Waals surface area contributed by atoms with E-state index < -0.39 is 5.97 Å². The van der Waals surface area contributed by atoms with Crippen LogP contribution in [0.5, 0.6) is 0 Å². The third-order valence-corrected chi connectivity index (χ3v) is 10.5. The standard InChI is InChI=1S/C24H39NO4/c1-14(4-9-22(27)28)18-7-8-19-17-6-5-15-12-16(25-29)10-11-23(15,2)20(17)13-21(26)24(18,19)3/h14-21,26H,4-13H2,1-3H3,(H,27,28)/t14-,15-,16+,17+,18-,19+,20+,21+,23+,24-/m1/s1. The summed E-state index contributed by atoms with van der Waals surface area (Å²) in [5, 5.41) is 24.0. The van der Waals surface area contributed by atoms with E-state index in [1.54, 1.807) is 0 Å². The first-order valence-corrected chi connectivity index (χ1v) is 11.9. The van der Waals surface area contributed by atoms with Crippen molar-refractivity contribution in [3.8, 4) is 0 Å². The zero-order valence-corrected chi connectivity index (χ0v) is 18.3. The van der Waals surface area contributed by atoms with Gasteiger partial charge in [0.15, 0.2) is 0 Å². The number of carboxylic acids is 1. The summed E-state index contributed by atoms with van der Waals surface area (Å²) in [6, 6.07) is -0.00523. The van der Waals surface area contributed by atoms with Gasteiger partial charge < -0.3 is 10.2 Å². The molecule has 0 spiro atoms. The minimum Gasteiger partial charge on any atom is -0.481 e. The number of fused-ring (bicyclic) bond motifs is 5. The molecule has 2 N–H and O–H groups in total. The van der Waals surface area contributed by atoms with E-state index in [0.717, 1.165) is 32.1 Å². The Morgan fingerprint density at radius 1 is 1.10 bits per heavy atom. The van der Waals surface area contributed by atoms with Gasteiger partial charge >= 0.3 is 5.97 Å². The molecule has 0 amide bonds. The Balaban J connectivity index is 1.55. The van der Waals surface area contributed by atoms with E-state index in [4.69, 9.17) is 5.11 Å². The number of aliphatic hydroxyl groups is 1. The highest BCUT2D eigenvalue weighted by molar-refractivity contribution is 5.66. The number of nitroso groups, excluding NO2 is 1. The van der Waals surface area contributed by atoms with E-state index in [2.05, 4.69) is 25.9 Å². The third kappa shape index (κ3) is 3.26. The first kappa shape index (κ1) is 21.3. The molecule has 0 radical (unpaired) electrons. The van der Waals surface area contributed by atoms with Crippen molar-refractivity contribution in [2.45, 2.75) is 97.1 Å². The molecule has 4 aliphatic carbocycles. The Kier molecular flexibility index (Phi) is 5.59. The van der Waals surface area contributed by atoms with Gasteiger partial charge in [-0.3, -0.25) is 4.79 Å². The lowest BCUT2D eigenvalue weighted by Gasteiger charge is -2.62. The first-order valence-electron chi connectivity index (χ1n) is 11.9. The maximum atomic E-state index is 11.5. The van der Waals surface area contributed by atoms with Gasteiger partial charge in [-0.15, -0.1) is 0 Å². The third-order valence-electron chi connectivity index (χ3n) is 10.5. The fraction of sp³-hybridized carbons (Fsp3) is 0.958. The summed E-state index contributed by atoms with van der Waals surface area (Å²) in [6.45, 7) is 6.95. The number of aliphatic hydroxyl groups excluding tert-OH is 1. The molecule has 4 fully saturated rings. The average Bonchev–Trinajstić information content (AvgIpc) is 3.05. The van der Waals surface area contributed by atoms with Crippen LogP contribution in [-0.4, -0.2) is 28.3 Å². The van der Waals surface area contributed by atoms with Gasteiger partial charge in [0, 0.05) is 6.42 Å². The molecular formula is C24H39NO4. The van der Waals surface area contributed by atoms with Crippen molar-refractivity contribution < 1.29 is 15.0 Å². The molecule has 0 aromatic heterocycles. The van der Waals surface area contributed by atoms with Crippen LogP contribution < -0.4 is 0 Å². The SMILES string of the molecule is C[C@H](CCC(=O)O)[C@H]1CC[C@H]2[C@@H]3CC[C@@H]4C[C@@H](N=O)CC[C@]4(C)[C@H]3C[C@H](O)[C@]12C. The highest BCUT2D eigenvalue weighted by Crippen LogP contribution is 2.68. The lowest BCUT2D eigenvalue weighted by atomic mass is 9.43. The molecule has 0 saturated heterocycles. The minimum absolute atomic E-state index is 0.00523. The van der Waals surface area contributed by atoms with Crippen LogP contribution in [0.4, 0.5) is 0 Å². The number of hydrogen-bond acceptors (Lipinski definition) is 4. The van der Waals surface area contributed by atoms with Crippen LogP contribution in [0.15, 0.2) is 5.18 Å². The molecule has 164 valence electrons. The molecule has 0 aliphatic heterocycles. The topological polar surface area (TPSA) is 87.0 Å². The molecule has 0 bridgehead atoms. The maximum Gasteiger partial charge on any atom is 0.303 e. The predicted octanol–water partition coefficient (Wildman–Crippen LogP) is 5.25. The van der Waals surface area contributed by atoms with E-state index >= 15 is 0 Å². The largest absolute Gasteiger partial charge is 0.481 e. The zero-order valence-electron chi connectivity index (χ0n) is 18.3. The number of nitrogens with zero attached hydrogens (tertiary/aromatic N) is 1. The van der Waals surface area contributed by atoms with Crippen molar-refractivity contribution in [1.82, 2.24) is 0 Å². The Morgan fingerprint density at radius 3 is 2.55 bits per heavy atom. The lowest BCUT2D eigenvalue weighted by molar-refractivity contribution is -0.169. The van der Waals surface area contributed by atoms with Gasteiger partial charge in [0.1, 0.15) is 0 Å². The van der Waals surface area contributed by atoms with Gasteiger partial charge in [-0.05, 0) is 104 Å². The molecule has 4 saturated carbocycles. The normalized spacial score (nSPS) is 50.1. The molecule has 5 nitrogen and oxygen atoms in total. The highest BCUT2D eigenvalue weighted by atomic mass is 16.4. The predicted molar refractivity (Wildman–Crippen MR) is 112 cm³/mol. The van der Waals surface area contributed by atoms with Gasteiger partial charge in [-0.25, -0.2) is 0 Å². The smallest absolute Gasteiger partial charge is 0.303 e. The molecule has 29 heavy (non-hydrogen) atoms. The van der Waals surface area contributed by atoms with Crippen molar-refractivity contribution in [1.29, 1.82) is 0 Å². The number of carboxylic acid groups (broad SMARTS) is 1. The van der Waals surface area contributed by atoms with Crippen LogP contribution in [0, 0.1) is 51.2 Å². The van der Waals surface area contributed by atoms with Gasteiger partial charge in [0.2, 0.25) is 0 Å². The molecule has 4 rings (SSSR count). The minimum atomic E-state index is -0.715. The summed E-state index contributed by atoms with van der Waals surface area (Å²) in [5.74, 6) is 2.39. The van der Waals surface area contributed by atoms with Crippen LogP contribution in [0.2, 0.25) is 0 Å². The van der Waals surface area contributed by atoms with Crippen LogP contribution in [-0.2, 0) is 4.79 Å². The second-order valence-electron chi connectivity index (χ2n) is 11.4. The summed E-state index contributed by atoms with van der Waals surface area (Å²) in [6.07, 6.45) is 9.17. The lowest BCUT2D eigenvalue weighted by Crippen LogP contribution is -2.58. The van der Waals surface area contributed by atoms with Crippen LogP contribution in [0.1, 0.15) is 85.0 Å². The molecule has 10 atom stereocenters. The van der Waals surface area contributed by atoms with E-state index in [0.29, 0.717) is 41.9 Å². The summed E-state index contributed by atoms with van der Waals surface area (Å²) < 4.78 is 0. The van der Waals surface area contributed by atoms with E-state index in [1.165, 1.54) is 19.3 Å². The molecule has 0 aromatic rings. The van der Waals surface area contributed by atoms with Gasteiger partial charge in [0.05, 0.1) is 12.1 Å². The maximum absolute atomic E-state index is 11.5. The molecule has 5 heteroatoms. The summed E-state index contributed by atoms with van der Waals surface area (Å²) in [7, 11) is 0. The Morgan fingerprint density at radius 2 is 1.86 bits per heavy atom. The van der Waals surface area contributed by atoms with Gasteiger partial charge in [0.25, 0.3) is 0 Å². The Bertz CT molecular complexity index is 653. The second-order valence-corrected chi connectivity index (χ2v) is 11.4. The first-order chi connectivity index (χ1) is 13.7. The second kappa shape index (κ2) is 7.62. The summed E-state index contributed by atoms with van der Waals surface area (Å²) in [4.78, 5) is 22.2. The number of rotatable bonds is 5. The van der Waals surface area contributed by atoms with Crippen LogP contribution in [0.3, 0.4) is 0 Å². The van der Waals surface area contributed by atoms with Crippen molar-refractivity contribution in [3.63, 3.8) is 0 Å². The average molecular weight is 406 g/mol. The zero-order chi connectivity index (χ0) is 21.0. The number of carbonyl (C=O) groups is 1. The fourth-order valence-electron chi connectivity index (χ4n) is 8.81. The monoisotopic (exact) mass is 405 g/mol. The number of aliphatic carboxylic acids is 1. The van der Waals surface area contributed by atoms with E-state index in [9.17, 15) is 14.8 Å². The molecule has 0 heterocycles. The van der Waals surface area contributed by atoms with Crippen molar-refractivity contribution in [3.05, 3.63) is 4.91 Å². The summed E-state index contributed by atoms with van der Waals surface area (Å²) in [5.41, 5.74) is 0.156. The van der Waals surface area contributed by atoms with Crippen molar-refractivity contribution >= 4 is 5.97 Å². The molecule has 0 unspecified atom stereocenters. The van der Waals surface area contributed by atoms with Crippen LogP contribution >= 0.6 is 0 Å². The quantitative estimate of drug-likeness (QED) is 0.611. The molecule has 0 aromatic carbocycles. The van der Waals surface area contributed by atoms with Crippen molar-refractivity contribution in [2.75, 3.05) is 0 Å². The van der Waals surface area contributed by atoms with E-state index in [-0.39, 0.29) is 29.4 Å². The number of hydrogen-bond donors (Lipinski definition) is 2. The summed E-state index contributed by atoms with van der Waals surface area (Å²) >= 11 is 0. The molecule has 4 aliphatic rings. The Labute approximate surface area is 175 Å². The van der Waals surface area contributed by atoms with Crippen molar-refractivity contribution in [2.24, 2.45) is 51.5 Å². The fourth-order valence-corrected chi connectivity index (χ4v) is 8.81. The highest BCUT2D eigenvalue weighted by Gasteiger charge is 2.63. The van der Waals surface area contributed by atoms with Gasteiger partial charge in [-0.1, -0.05) is 25.9 Å². The van der Waals surface area contributed by atoms with Crippen LogP contribution in [0.25, 0.3) is 0 Å². The van der Waals surface area contributed by atoms with Gasteiger partial charge in [-0.2, -0.15) is 4.91 Å².